The van der Waals surface area contributed by atoms with Crippen LogP contribution < -0.4 is 10.6 Å². The fraction of sp³-hybridized carbons (Fsp3) is 0.300. The van der Waals surface area contributed by atoms with E-state index in [1.54, 1.807) is 12.1 Å². The van der Waals surface area contributed by atoms with E-state index < -0.39 is 17.9 Å². The fourth-order valence-corrected chi connectivity index (χ4v) is 2.59. The molecular weight excluding hydrogens is 316 g/mol. The van der Waals surface area contributed by atoms with Crippen molar-refractivity contribution < 1.29 is 14.7 Å². The van der Waals surface area contributed by atoms with Gasteiger partial charge in [-0.2, -0.15) is 0 Å². The molecule has 1 atom stereocenters. The van der Waals surface area contributed by atoms with Gasteiger partial charge >= 0.3 is 11.8 Å². The molecule has 2 aromatic rings. The number of anilines is 1. The summed E-state index contributed by atoms with van der Waals surface area (Å²) in [4.78, 5) is 24.5. The van der Waals surface area contributed by atoms with Gasteiger partial charge in [-0.25, -0.2) is 0 Å². The summed E-state index contributed by atoms with van der Waals surface area (Å²) in [6.07, 6.45) is 1.60. The van der Waals surface area contributed by atoms with E-state index in [2.05, 4.69) is 10.6 Å². The van der Waals surface area contributed by atoms with E-state index in [1.807, 2.05) is 50.2 Å². The zero-order chi connectivity index (χ0) is 18.2. The summed E-state index contributed by atoms with van der Waals surface area (Å²) in [6.45, 7) is 3.74. The smallest absolute Gasteiger partial charge is 0.313 e. The summed E-state index contributed by atoms with van der Waals surface area (Å²) in [5.74, 6) is -1.51. The van der Waals surface area contributed by atoms with Crippen molar-refractivity contribution in [3.63, 3.8) is 0 Å². The lowest BCUT2D eigenvalue weighted by Crippen LogP contribution is -2.39. The molecule has 0 spiro atoms. The summed E-state index contributed by atoms with van der Waals surface area (Å²) in [7, 11) is 0. The molecule has 0 heterocycles. The molecule has 0 aliphatic rings. The number of aryl methyl sites for hydroxylation is 2. The van der Waals surface area contributed by atoms with Crippen molar-refractivity contribution in [1.82, 2.24) is 5.32 Å². The Kier molecular flexibility index (Phi) is 6.71. The molecule has 0 radical (unpaired) electrons. The lowest BCUT2D eigenvalue weighted by atomic mass is 10.1. The quantitative estimate of drug-likeness (QED) is 0.707. The SMILES string of the molecule is CCc1ccc(CC)c(NC(=O)C(=O)NC(CO)c2ccccc2)c1. The molecule has 0 aliphatic carbocycles. The van der Waals surface area contributed by atoms with Crippen molar-refractivity contribution >= 4 is 17.5 Å². The third-order valence-electron chi connectivity index (χ3n) is 4.11. The van der Waals surface area contributed by atoms with Gasteiger partial charge in [-0.05, 0) is 35.6 Å². The first-order valence-corrected chi connectivity index (χ1v) is 8.48. The number of hydrogen-bond acceptors (Lipinski definition) is 3. The number of rotatable bonds is 6. The first kappa shape index (κ1) is 18.7. The second kappa shape index (κ2) is 8.99. The van der Waals surface area contributed by atoms with Gasteiger partial charge < -0.3 is 15.7 Å². The summed E-state index contributed by atoms with van der Waals surface area (Å²) < 4.78 is 0. The Morgan fingerprint density at radius 2 is 1.72 bits per heavy atom. The average Bonchev–Trinajstić information content (AvgIpc) is 2.66. The third-order valence-corrected chi connectivity index (χ3v) is 4.11. The van der Waals surface area contributed by atoms with Gasteiger partial charge in [0.1, 0.15) is 0 Å². The monoisotopic (exact) mass is 340 g/mol. The van der Waals surface area contributed by atoms with Crippen LogP contribution in [0.5, 0.6) is 0 Å². The summed E-state index contributed by atoms with van der Waals surface area (Å²) in [5, 5.41) is 14.8. The molecule has 5 heteroatoms. The second-order valence-corrected chi connectivity index (χ2v) is 5.77. The molecule has 0 bridgehead atoms. The van der Waals surface area contributed by atoms with E-state index in [1.165, 1.54) is 0 Å². The van der Waals surface area contributed by atoms with E-state index in [-0.39, 0.29) is 6.61 Å². The van der Waals surface area contributed by atoms with Gasteiger partial charge in [-0.1, -0.05) is 56.3 Å². The van der Waals surface area contributed by atoms with E-state index in [9.17, 15) is 14.7 Å². The number of carbonyl (C=O) groups is 2. The van der Waals surface area contributed by atoms with E-state index in [0.29, 0.717) is 5.69 Å². The number of aliphatic hydroxyl groups excluding tert-OH is 1. The highest BCUT2D eigenvalue weighted by Crippen LogP contribution is 2.19. The van der Waals surface area contributed by atoms with Crippen molar-refractivity contribution in [3.8, 4) is 0 Å². The predicted molar refractivity (Wildman–Crippen MR) is 98.2 cm³/mol. The molecule has 3 N–H and O–H groups in total. The number of amides is 2. The van der Waals surface area contributed by atoms with Crippen LogP contribution in [0.3, 0.4) is 0 Å². The maximum absolute atomic E-state index is 12.3. The molecule has 5 nitrogen and oxygen atoms in total. The highest BCUT2D eigenvalue weighted by Gasteiger charge is 2.20. The number of carbonyl (C=O) groups excluding carboxylic acids is 2. The summed E-state index contributed by atoms with van der Waals surface area (Å²) >= 11 is 0. The lowest BCUT2D eigenvalue weighted by molar-refractivity contribution is -0.136. The van der Waals surface area contributed by atoms with Gasteiger partial charge in [-0.3, -0.25) is 9.59 Å². The van der Waals surface area contributed by atoms with Gasteiger partial charge in [0.25, 0.3) is 0 Å². The van der Waals surface area contributed by atoms with Crippen LogP contribution in [0.1, 0.15) is 36.6 Å². The molecule has 0 saturated carbocycles. The second-order valence-electron chi connectivity index (χ2n) is 5.77. The van der Waals surface area contributed by atoms with Crippen LogP contribution in [-0.2, 0) is 22.4 Å². The van der Waals surface area contributed by atoms with E-state index in [0.717, 1.165) is 29.5 Å². The van der Waals surface area contributed by atoms with Crippen LogP contribution in [0.25, 0.3) is 0 Å². The minimum Gasteiger partial charge on any atom is -0.394 e. The number of nitrogens with one attached hydrogen (secondary N) is 2. The predicted octanol–water partition coefficient (Wildman–Crippen LogP) is 2.60. The van der Waals surface area contributed by atoms with Gasteiger partial charge in [0.2, 0.25) is 0 Å². The molecule has 25 heavy (non-hydrogen) atoms. The zero-order valence-electron chi connectivity index (χ0n) is 14.6. The molecule has 132 valence electrons. The molecule has 2 aromatic carbocycles. The Bertz CT molecular complexity index is 729. The highest BCUT2D eigenvalue weighted by molar-refractivity contribution is 6.39. The standard InChI is InChI=1S/C20H24N2O3/c1-3-14-10-11-15(4-2)17(12-14)21-19(24)20(25)22-18(13-23)16-8-6-5-7-9-16/h5-12,18,23H,3-4,13H2,1-2H3,(H,21,24)(H,22,25). The van der Waals surface area contributed by atoms with E-state index in [4.69, 9.17) is 0 Å². The Morgan fingerprint density at radius 3 is 2.32 bits per heavy atom. The van der Waals surface area contributed by atoms with Gasteiger partial charge in [0, 0.05) is 5.69 Å². The van der Waals surface area contributed by atoms with Crippen molar-refractivity contribution in [1.29, 1.82) is 0 Å². The lowest BCUT2D eigenvalue weighted by Gasteiger charge is -2.17. The van der Waals surface area contributed by atoms with Crippen LogP contribution in [0.15, 0.2) is 48.5 Å². The number of aliphatic hydroxyl groups is 1. The molecule has 0 saturated heterocycles. The Hall–Kier alpha value is -2.66. The van der Waals surface area contributed by atoms with Gasteiger partial charge in [0.05, 0.1) is 12.6 Å². The van der Waals surface area contributed by atoms with Crippen LogP contribution in [0.2, 0.25) is 0 Å². The van der Waals surface area contributed by atoms with Crippen molar-refractivity contribution in [3.05, 3.63) is 65.2 Å². The van der Waals surface area contributed by atoms with Crippen molar-refractivity contribution in [2.75, 3.05) is 11.9 Å². The molecular formula is C20H24N2O3. The topological polar surface area (TPSA) is 78.4 Å². The fourth-order valence-electron chi connectivity index (χ4n) is 2.59. The number of hydrogen-bond donors (Lipinski definition) is 3. The van der Waals surface area contributed by atoms with Crippen LogP contribution >= 0.6 is 0 Å². The van der Waals surface area contributed by atoms with Crippen LogP contribution in [-0.4, -0.2) is 23.5 Å². The van der Waals surface area contributed by atoms with Crippen LogP contribution in [0.4, 0.5) is 5.69 Å². The molecule has 0 fully saturated rings. The summed E-state index contributed by atoms with van der Waals surface area (Å²) in [5.41, 5.74) is 3.46. The maximum atomic E-state index is 12.3. The summed E-state index contributed by atoms with van der Waals surface area (Å²) in [6, 6.07) is 14.3. The normalized spacial score (nSPS) is 11.6. The molecule has 1 unspecified atom stereocenters. The Morgan fingerprint density at radius 1 is 1.00 bits per heavy atom. The largest absolute Gasteiger partial charge is 0.394 e. The minimum atomic E-state index is -0.771. The highest BCUT2D eigenvalue weighted by atomic mass is 16.3. The minimum absolute atomic E-state index is 0.283. The maximum Gasteiger partial charge on any atom is 0.313 e. The Balaban J connectivity index is 2.09. The molecule has 2 amide bonds. The number of benzene rings is 2. The van der Waals surface area contributed by atoms with Crippen LogP contribution in [0, 0.1) is 0 Å². The van der Waals surface area contributed by atoms with Gasteiger partial charge in [0.15, 0.2) is 0 Å². The van der Waals surface area contributed by atoms with E-state index >= 15 is 0 Å². The molecule has 2 rings (SSSR count). The molecule has 0 aliphatic heterocycles. The third kappa shape index (κ3) is 4.90. The first-order chi connectivity index (χ1) is 12.1. The first-order valence-electron chi connectivity index (χ1n) is 8.48. The van der Waals surface area contributed by atoms with Crippen molar-refractivity contribution in [2.24, 2.45) is 0 Å². The Labute approximate surface area is 148 Å². The molecule has 0 aromatic heterocycles. The zero-order valence-corrected chi connectivity index (χ0v) is 14.6. The van der Waals surface area contributed by atoms with Crippen molar-refractivity contribution in [2.45, 2.75) is 32.7 Å². The average molecular weight is 340 g/mol. The van der Waals surface area contributed by atoms with Gasteiger partial charge in [-0.15, -0.1) is 0 Å².